The molecule has 13 heavy (non-hydrogen) atoms. The minimum atomic E-state index is -0.318. The van der Waals surface area contributed by atoms with Crippen LogP contribution in [0.1, 0.15) is 6.92 Å². The smallest absolute Gasteiger partial charge is 0.289 e. The quantitative estimate of drug-likeness (QED) is 0.528. The van der Waals surface area contributed by atoms with Gasteiger partial charge in [0, 0.05) is 0 Å². The Kier molecular flexibility index (Phi) is 3.16. The van der Waals surface area contributed by atoms with Gasteiger partial charge in [0.2, 0.25) is 0 Å². The predicted molar refractivity (Wildman–Crippen MR) is 52.8 cm³/mol. The Morgan fingerprint density at radius 1 is 1.77 bits per heavy atom. The Labute approximate surface area is 81.3 Å². The molecule has 0 spiro atoms. The van der Waals surface area contributed by atoms with E-state index in [2.05, 4.69) is 5.32 Å². The molecule has 1 atom stereocenters. The molecule has 1 heterocycles. The average Bonchev–Trinajstić information content (AvgIpc) is 2.08. The van der Waals surface area contributed by atoms with E-state index >= 15 is 0 Å². The molecule has 0 fully saturated rings. The van der Waals surface area contributed by atoms with E-state index in [-0.39, 0.29) is 16.8 Å². The van der Waals surface area contributed by atoms with Gasteiger partial charge in [0.1, 0.15) is 5.03 Å². The summed E-state index contributed by atoms with van der Waals surface area (Å²) in [6, 6.07) is 0. The van der Waals surface area contributed by atoms with Crippen molar-refractivity contribution in [2.45, 2.75) is 13.1 Å². The summed E-state index contributed by atoms with van der Waals surface area (Å²) in [4.78, 5) is 12.2. The lowest BCUT2D eigenvalue weighted by molar-refractivity contribution is -0.430. The predicted octanol–water partition coefficient (Wildman–Crippen LogP) is 0.676. The van der Waals surface area contributed by atoms with Gasteiger partial charge in [-0.2, -0.15) is 0 Å². The number of hydrogen-bond donors (Lipinski definition) is 1. The van der Waals surface area contributed by atoms with E-state index in [4.69, 9.17) is 0 Å². The van der Waals surface area contributed by atoms with Gasteiger partial charge in [0.15, 0.2) is 0 Å². The fraction of sp³-hybridized carbons (Fsp3) is 0.714. The van der Waals surface area contributed by atoms with Crippen molar-refractivity contribution in [1.82, 2.24) is 10.2 Å². The molecule has 0 saturated carbocycles. The lowest BCUT2D eigenvalue weighted by Crippen LogP contribution is -2.46. The summed E-state index contributed by atoms with van der Waals surface area (Å²) in [7, 11) is 1.86. The molecule has 74 valence electrons. The zero-order chi connectivity index (χ0) is 10.0. The highest BCUT2D eigenvalue weighted by molar-refractivity contribution is 8.02. The summed E-state index contributed by atoms with van der Waals surface area (Å²) in [6.45, 7) is 2.38. The van der Waals surface area contributed by atoms with Gasteiger partial charge in [-0.05, 0) is 20.2 Å². The minimum Gasteiger partial charge on any atom is -0.359 e. The van der Waals surface area contributed by atoms with E-state index in [1.807, 2.05) is 25.1 Å². The van der Waals surface area contributed by atoms with Gasteiger partial charge in [-0.25, -0.2) is 0 Å². The number of nitrogens with one attached hydrogen (secondary N) is 1. The normalized spacial score (nSPS) is 24.4. The first-order chi connectivity index (χ1) is 6.06. The summed E-state index contributed by atoms with van der Waals surface area (Å²) >= 11 is 1.39. The number of thioether (sulfide) groups is 1. The lowest BCUT2D eigenvalue weighted by Gasteiger charge is -2.30. The highest BCUT2D eigenvalue weighted by Gasteiger charge is 2.28. The number of hydrogen-bond acceptors (Lipinski definition) is 5. The molecule has 0 aromatic carbocycles. The fourth-order valence-corrected chi connectivity index (χ4v) is 1.81. The van der Waals surface area contributed by atoms with Gasteiger partial charge in [0.25, 0.3) is 5.70 Å². The molecule has 1 aliphatic heterocycles. The van der Waals surface area contributed by atoms with Crippen LogP contribution >= 0.6 is 11.8 Å². The number of nitro groups is 1. The first kappa shape index (κ1) is 10.3. The Morgan fingerprint density at radius 3 is 2.85 bits per heavy atom. The highest BCUT2D eigenvalue weighted by Crippen LogP contribution is 2.20. The second-order valence-electron chi connectivity index (χ2n) is 2.97. The number of nitrogens with zero attached hydrogens (tertiary/aromatic N) is 2. The third kappa shape index (κ3) is 2.13. The van der Waals surface area contributed by atoms with Crippen LogP contribution in [0.5, 0.6) is 0 Å². The van der Waals surface area contributed by atoms with E-state index in [9.17, 15) is 10.1 Å². The van der Waals surface area contributed by atoms with Crippen molar-refractivity contribution in [1.29, 1.82) is 0 Å². The van der Waals surface area contributed by atoms with Crippen molar-refractivity contribution in [3.05, 3.63) is 20.8 Å². The van der Waals surface area contributed by atoms with E-state index in [1.165, 1.54) is 11.8 Å². The van der Waals surface area contributed by atoms with Crippen LogP contribution in [0, 0.1) is 10.1 Å². The molecule has 1 rings (SSSR count). The topological polar surface area (TPSA) is 58.4 Å². The monoisotopic (exact) mass is 203 g/mol. The zero-order valence-corrected chi connectivity index (χ0v) is 8.72. The van der Waals surface area contributed by atoms with Crippen molar-refractivity contribution >= 4 is 11.8 Å². The number of likely N-dealkylation sites (N-methyl/N-ethyl adjacent to an activating group) is 1. The molecule has 1 unspecified atom stereocenters. The van der Waals surface area contributed by atoms with E-state index < -0.39 is 0 Å². The van der Waals surface area contributed by atoms with Crippen molar-refractivity contribution in [3.8, 4) is 0 Å². The first-order valence-corrected chi connectivity index (χ1v) is 5.17. The molecule has 0 aliphatic carbocycles. The van der Waals surface area contributed by atoms with Gasteiger partial charge in [-0.15, -0.1) is 11.8 Å². The van der Waals surface area contributed by atoms with Gasteiger partial charge in [-0.3, -0.25) is 15.0 Å². The maximum Gasteiger partial charge on any atom is 0.289 e. The van der Waals surface area contributed by atoms with Crippen LogP contribution in [0.2, 0.25) is 0 Å². The van der Waals surface area contributed by atoms with E-state index in [0.29, 0.717) is 11.6 Å². The van der Waals surface area contributed by atoms with Crippen LogP contribution in [0.4, 0.5) is 0 Å². The molecule has 1 N–H and O–H groups in total. The molecule has 6 heteroatoms. The molecular weight excluding hydrogens is 190 g/mol. The third-order valence-corrected chi connectivity index (χ3v) is 2.85. The van der Waals surface area contributed by atoms with Crippen LogP contribution in [-0.2, 0) is 0 Å². The van der Waals surface area contributed by atoms with Gasteiger partial charge < -0.3 is 5.32 Å². The number of rotatable bonds is 2. The standard InChI is InChI=1S/C7H13N3O2S/c1-5-8-7(13-3)6(10(11)12)4-9(5)2/h5,8H,4H2,1-3H3. The summed E-state index contributed by atoms with van der Waals surface area (Å²) in [5, 5.41) is 14.4. The first-order valence-electron chi connectivity index (χ1n) is 3.94. The molecule has 0 amide bonds. The zero-order valence-electron chi connectivity index (χ0n) is 7.90. The van der Waals surface area contributed by atoms with Gasteiger partial charge in [-0.1, -0.05) is 0 Å². The maximum atomic E-state index is 10.6. The average molecular weight is 203 g/mol. The van der Waals surface area contributed by atoms with Crippen LogP contribution in [-0.4, -0.2) is 35.8 Å². The molecule has 0 bridgehead atoms. The summed E-state index contributed by atoms with van der Waals surface area (Å²) in [5.74, 6) is 0. The molecule has 0 aromatic rings. The summed E-state index contributed by atoms with van der Waals surface area (Å²) in [5.41, 5.74) is 0.258. The Bertz CT molecular complexity index is 254. The molecular formula is C7H13N3O2S. The molecule has 0 aromatic heterocycles. The van der Waals surface area contributed by atoms with Crippen LogP contribution in [0.15, 0.2) is 10.7 Å². The SMILES string of the molecule is CSC1=C([N+](=O)[O-])CN(C)C(C)N1. The highest BCUT2D eigenvalue weighted by atomic mass is 32.2. The Morgan fingerprint density at radius 2 is 2.38 bits per heavy atom. The van der Waals surface area contributed by atoms with Gasteiger partial charge in [0.05, 0.1) is 17.6 Å². The third-order valence-electron chi connectivity index (χ3n) is 2.09. The molecule has 5 nitrogen and oxygen atoms in total. The fourth-order valence-electron chi connectivity index (χ4n) is 1.15. The van der Waals surface area contributed by atoms with Crippen molar-refractivity contribution < 1.29 is 4.92 Å². The maximum absolute atomic E-state index is 10.6. The van der Waals surface area contributed by atoms with Crippen molar-refractivity contribution in [3.63, 3.8) is 0 Å². The Balaban J connectivity index is 2.91. The van der Waals surface area contributed by atoms with Crippen LogP contribution < -0.4 is 5.32 Å². The Hall–Kier alpha value is -0.750. The van der Waals surface area contributed by atoms with E-state index in [1.54, 1.807) is 0 Å². The summed E-state index contributed by atoms with van der Waals surface area (Å²) < 4.78 is 0. The second-order valence-corrected chi connectivity index (χ2v) is 3.79. The molecule has 1 aliphatic rings. The lowest BCUT2D eigenvalue weighted by atomic mass is 10.3. The molecule has 0 saturated heterocycles. The summed E-state index contributed by atoms with van der Waals surface area (Å²) in [6.07, 6.45) is 2.00. The minimum absolute atomic E-state index is 0.158. The molecule has 0 radical (unpaired) electrons. The van der Waals surface area contributed by atoms with Crippen LogP contribution in [0.25, 0.3) is 0 Å². The van der Waals surface area contributed by atoms with Crippen molar-refractivity contribution in [2.75, 3.05) is 19.8 Å². The van der Waals surface area contributed by atoms with Gasteiger partial charge >= 0.3 is 0 Å². The largest absolute Gasteiger partial charge is 0.359 e. The van der Waals surface area contributed by atoms with Crippen molar-refractivity contribution in [2.24, 2.45) is 0 Å². The van der Waals surface area contributed by atoms with Crippen LogP contribution in [0.3, 0.4) is 0 Å². The second kappa shape index (κ2) is 3.97. The van der Waals surface area contributed by atoms with E-state index in [0.717, 1.165) is 0 Å².